The Bertz CT molecular complexity index is 1110. The van der Waals surface area contributed by atoms with Gasteiger partial charge in [-0.15, -0.1) is 0 Å². The minimum Gasteiger partial charge on any atom is -0.500 e. The van der Waals surface area contributed by atoms with Crippen molar-refractivity contribution in [2.24, 2.45) is 0 Å². The normalized spacial score (nSPS) is 10.8. The second kappa shape index (κ2) is 10.2. The second-order valence-electron chi connectivity index (χ2n) is 6.16. The summed E-state index contributed by atoms with van der Waals surface area (Å²) in [5, 5.41) is 12.2. The van der Waals surface area contributed by atoms with Gasteiger partial charge in [0.2, 0.25) is 5.76 Å². The van der Waals surface area contributed by atoms with Gasteiger partial charge in [-0.3, -0.25) is 4.79 Å². The van der Waals surface area contributed by atoms with Crippen molar-refractivity contribution >= 4 is 29.2 Å². The van der Waals surface area contributed by atoms with Crippen LogP contribution in [0.15, 0.2) is 84.8 Å². The molecule has 3 aromatic rings. The van der Waals surface area contributed by atoms with E-state index in [-0.39, 0.29) is 16.3 Å². The van der Waals surface area contributed by atoms with E-state index in [1.165, 1.54) is 25.3 Å². The number of carboxylic acids is 1. The molecule has 0 heterocycles. The monoisotopic (exact) mass is 439 g/mol. The third-order valence-electron chi connectivity index (χ3n) is 3.91. The van der Waals surface area contributed by atoms with E-state index in [0.717, 1.165) is 6.26 Å². The zero-order valence-electron chi connectivity index (χ0n) is 16.4. The van der Waals surface area contributed by atoms with Crippen LogP contribution >= 0.6 is 11.6 Å². The quantitative estimate of drug-likeness (QED) is 0.363. The summed E-state index contributed by atoms with van der Waals surface area (Å²) < 4.78 is 15.8. The highest BCUT2D eigenvalue weighted by molar-refractivity contribution is 6.31. The maximum absolute atomic E-state index is 12.9. The van der Waals surface area contributed by atoms with Crippen molar-refractivity contribution in [2.45, 2.75) is 0 Å². The predicted molar refractivity (Wildman–Crippen MR) is 116 cm³/mol. The Morgan fingerprint density at radius 3 is 2.42 bits per heavy atom. The maximum atomic E-state index is 12.9. The van der Waals surface area contributed by atoms with Crippen molar-refractivity contribution in [2.75, 3.05) is 12.4 Å². The molecule has 0 unspecified atom stereocenters. The van der Waals surface area contributed by atoms with E-state index in [1.54, 1.807) is 24.3 Å². The molecule has 0 saturated carbocycles. The molecule has 31 heavy (non-hydrogen) atoms. The molecule has 0 bridgehead atoms. The number of nitrogens with one attached hydrogen (secondary N) is 1. The summed E-state index contributed by atoms with van der Waals surface area (Å²) in [6, 6.07) is 20.3. The summed E-state index contributed by atoms with van der Waals surface area (Å²) in [5.41, 5.74) is 0.514. The maximum Gasteiger partial charge on any atom is 0.375 e. The zero-order valence-corrected chi connectivity index (χ0v) is 17.1. The number of rotatable bonds is 8. The number of para-hydroxylation sites is 1. The highest BCUT2D eigenvalue weighted by Crippen LogP contribution is 2.28. The lowest BCUT2D eigenvalue weighted by Gasteiger charge is -2.13. The Kier molecular flexibility index (Phi) is 7.13. The van der Waals surface area contributed by atoms with Crippen molar-refractivity contribution < 1.29 is 28.9 Å². The van der Waals surface area contributed by atoms with Crippen molar-refractivity contribution in [3.63, 3.8) is 0 Å². The summed E-state index contributed by atoms with van der Waals surface area (Å²) in [7, 11) is 1.28. The van der Waals surface area contributed by atoms with Crippen LogP contribution in [0.25, 0.3) is 0 Å². The van der Waals surface area contributed by atoms with Gasteiger partial charge in [-0.1, -0.05) is 35.9 Å². The Morgan fingerprint density at radius 1 is 0.968 bits per heavy atom. The summed E-state index contributed by atoms with van der Waals surface area (Å²) >= 11 is 6.03. The largest absolute Gasteiger partial charge is 0.500 e. The molecule has 2 N–H and O–H groups in total. The average molecular weight is 440 g/mol. The lowest BCUT2D eigenvalue weighted by Crippen LogP contribution is -2.15. The van der Waals surface area contributed by atoms with Crippen LogP contribution in [0.2, 0.25) is 5.02 Å². The molecule has 1 amide bonds. The number of methoxy groups -OCH3 is 1. The number of aliphatic carboxylic acids is 1. The molecule has 0 aliphatic carbocycles. The number of carbonyl (C=O) groups is 2. The van der Waals surface area contributed by atoms with Gasteiger partial charge < -0.3 is 24.6 Å². The van der Waals surface area contributed by atoms with Gasteiger partial charge >= 0.3 is 5.97 Å². The van der Waals surface area contributed by atoms with Crippen molar-refractivity contribution in [3.05, 3.63) is 95.4 Å². The van der Waals surface area contributed by atoms with Gasteiger partial charge in [-0.2, -0.15) is 0 Å². The molecule has 0 atom stereocenters. The number of halogens is 1. The summed E-state index contributed by atoms with van der Waals surface area (Å²) in [6.07, 6.45) is 0.920. The number of hydrogen-bond acceptors (Lipinski definition) is 5. The first-order valence-electron chi connectivity index (χ1n) is 9.04. The topological polar surface area (TPSA) is 94.1 Å². The Morgan fingerprint density at radius 2 is 1.71 bits per heavy atom. The molecule has 3 aromatic carbocycles. The molecule has 0 aliphatic rings. The number of ether oxygens (including phenoxy) is 3. The summed E-state index contributed by atoms with van der Waals surface area (Å²) in [4.78, 5) is 24.2. The summed E-state index contributed by atoms with van der Waals surface area (Å²) in [5.74, 6) is -1.20. The van der Waals surface area contributed by atoms with Gasteiger partial charge in [0.05, 0.1) is 12.7 Å². The average Bonchev–Trinajstić information content (AvgIpc) is 2.75. The van der Waals surface area contributed by atoms with Crippen molar-refractivity contribution in [1.82, 2.24) is 0 Å². The Balaban J connectivity index is 1.82. The van der Waals surface area contributed by atoms with Gasteiger partial charge in [-0.05, 0) is 42.5 Å². The fraction of sp³-hybridized carbons (Fsp3) is 0.0435. The van der Waals surface area contributed by atoms with Crippen molar-refractivity contribution in [3.8, 4) is 17.2 Å². The van der Waals surface area contributed by atoms with E-state index in [2.05, 4.69) is 5.32 Å². The van der Waals surface area contributed by atoms with Crippen LogP contribution in [-0.2, 0) is 9.53 Å². The van der Waals surface area contributed by atoms with Crippen molar-refractivity contribution in [1.29, 1.82) is 0 Å². The highest BCUT2D eigenvalue weighted by atomic mass is 35.5. The van der Waals surface area contributed by atoms with E-state index in [4.69, 9.17) is 25.8 Å². The molecule has 7 nitrogen and oxygen atoms in total. The van der Waals surface area contributed by atoms with E-state index < -0.39 is 17.6 Å². The number of hydrogen-bond donors (Lipinski definition) is 2. The first-order valence-corrected chi connectivity index (χ1v) is 9.42. The molecule has 0 aliphatic heterocycles. The molecule has 0 radical (unpaired) electrons. The Hall–Kier alpha value is -3.97. The van der Waals surface area contributed by atoms with Gasteiger partial charge in [0, 0.05) is 16.8 Å². The number of carbonyl (C=O) groups excluding carboxylic acids is 1. The smallest absolute Gasteiger partial charge is 0.375 e. The minimum atomic E-state index is -1.35. The fourth-order valence-electron chi connectivity index (χ4n) is 2.57. The molecule has 0 saturated heterocycles. The van der Waals surface area contributed by atoms with Crippen LogP contribution in [0.1, 0.15) is 10.4 Å². The van der Waals surface area contributed by atoms with Gasteiger partial charge in [0.15, 0.2) is 0 Å². The van der Waals surface area contributed by atoms with Crippen LogP contribution in [0, 0.1) is 0 Å². The zero-order chi connectivity index (χ0) is 22.2. The molecular formula is C23H18ClNO6. The third kappa shape index (κ3) is 6.01. The number of carboxylic acid groups (broad SMARTS) is 1. The number of benzene rings is 3. The first-order chi connectivity index (χ1) is 15.0. The van der Waals surface area contributed by atoms with Crippen LogP contribution in [0.4, 0.5) is 5.69 Å². The molecule has 0 aromatic heterocycles. The van der Waals surface area contributed by atoms with E-state index in [9.17, 15) is 14.7 Å². The molecule has 0 fully saturated rings. The molecule has 3 rings (SSSR count). The second-order valence-corrected chi connectivity index (χ2v) is 6.60. The van der Waals surface area contributed by atoms with Crippen LogP contribution in [-0.4, -0.2) is 24.1 Å². The molecular weight excluding hydrogens is 422 g/mol. The molecule has 158 valence electrons. The molecule has 8 heteroatoms. The van der Waals surface area contributed by atoms with Crippen LogP contribution in [0.5, 0.6) is 17.2 Å². The van der Waals surface area contributed by atoms with Gasteiger partial charge in [0.25, 0.3) is 5.91 Å². The predicted octanol–water partition coefficient (Wildman–Crippen LogP) is 5.34. The SMILES string of the molecule is COC=C(Oc1ccc(Cl)cc1C(=O)Nc1cccc(Oc2ccccc2)c1)C(=O)O. The summed E-state index contributed by atoms with van der Waals surface area (Å²) in [6.45, 7) is 0. The third-order valence-corrected chi connectivity index (χ3v) is 4.15. The van der Waals surface area contributed by atoms with Crippen LogP contribution < -0.4 is 14.8 Å². The first kappa shape index (κ1) is 21.7. The van der Waals surface area contributed by atoms with E-state index in [1.807, 2.05) is 30.3 Å². The molecule has 0 spiro atoms. The number of anilines is 1. The number of amides is 1. The van der Waals surface area contributed by atoms with E-state index >= 15 is 0 Å². The standard InChI is InChI=1S/C23H18ClNO6/c1-29-14-21(23(27)28)31-20-11-10-15(24)12-19(20)22(26)25-16-6-5-9-18(13-16)30-17-7-3-2-4-8-17/h2-14H,1H3,(H,25,26)(H,27,28). The fourth-order valence-corrected chi connectivity index (χ4v) is 2.74. The van der Waals surface area contributed by atoms with Gasteiger partial charge in [-0.25, -0.2) is 4.79 Å². The minimum absolute atomic E-state index is 0.00397. The lowest BCUT2D eigenvalue weighted by molar-refractivity contribution is -0.135. The highest BCUT2D eigenvalue weighted by Gasteiger charge is 2.18. The van der Waals surface area contributed by atoms with Gasteiger partial charge in [0.1, 0.15) is 23.5 Å². The Labute approximate surface area is 183 Å². The van der Waals surface area contributed by atoms with Crippen LogP contribution in [0.3, 0.4) is 0 Å². The lowest BCUT2D eigenvalue weighted by atomic mass is 10.1. The van der Waals surface area contributed by atoms with E-state index in [0.29, 0.717) is 17.2 Å².